The molecule has 0 radical (unpaired) electrons. The minimum Gasteiger partial charge on any atom is -0.291 e. The average Bonchev–Trinajstić information content (AvgIpc) is 2.57. The van der Waals surface area contributed by atoms with Gasteiger partial charge in [-0.3, -0.25) is 9.68 Å². The van der Waals surface area contributed by atoms with Crippen LogP contribution in [0.2, 0.25) is 0 Å². The highest BCUT2D eigenvalue weighted by atomic mass is 16.7. The van der Waals surface area contributed by atoms with Gasteiger partial charge >= 0.3 is 0 Å². The van der Waals surface area contributed by atoms with Gasteiger partial charge in [0.2, 0.25) is 0 Å². The van der Waals surface area contributed by atoms with Crippen molar-refractivity contribution in [3.63, 3.8) is 0 Å². The van der Waals surface area contributed by atoms with Crippen LogP contribution in [0.25, 0.3) is 0 Å². The SMILES string of the molecule is CC1(C)CCCC(C)(C)N1O[C@@H]1/C=C\[C@H](ON2C(C)(C)CCCC2(C)C)CCCC1. The highest BCUT2D eigenvalue weighted by Crippen LogP contribution is 2.41. The van der Waals surface area contributed by atoms with Crippen molar-refractivity contribution in [2.75, 3.05) is 0 Å². The van der Waals surface area contributed by atoms with Crippen molar-refractivity contribution in [3.05, 3.63) is 12.2 Å². The monoisotopic (exact) mass is 420 g/mol. The highest BCUT2D eigenvalue weighted by molar-refractivity contribution is 5.00. The topological polar surface area (TPSA) is 24.9 Å². The first kappa shape index (κ1) is 24.2. The minimum absolute atomic E-state index is 0.0791. The summed E-state index contributed by atoms with van der Waals surface area (Å²) in [5.41, 5.74) is 0.316. The fraction of sp³-hybridized carbons (Fsp3) is 0.923. The number of rotatable bonds is 4. The van der Waals surface area contributed by atoms with E-state index in [0.717, 1.165) is 12.8 Å². The molecule has 0 bridgehead atoms. The van der Waals surface area contributed by atoms with E-state index in [1.807, 2.05) is 0 Å². The predicted octanol–water partition coefficient (Wildman–Crippen LogP) is 6.80. The molecular weight excluding hydrogens is 372 g/mol. The molecule has 0 aromatic heterocycles. The maximum absolute atomic E-state index is 6.70. The lowest BCUT2D eigenvalue weighted by Gasteiger charge is -2.52. The van der Waals surface area contributed by atoms with Crippen LogP contribution in [-0.4, -0.2) is 44.5 Å². The Kier molecular flexibility index (Phi) is 7.14. The van der Waals surface area contributed by atoms with Crippen LogP contribution < -0.4 is 0 Å². The molecule has 2 atom stereocenters. The second-order valence-corrected chi connectivity index (χ2v) is 12.5. The lowest BCUT2D eigenvalue weighted by atomic mass is 9.82. The van der Waals surface area contributed by atoms with Crippen molar-refractivity contribution >= 4 is 0 Å². The van der Waals surface area contributed by atoms with Gasteiger partial charge in [-0.05, 0) is 107 Å². The van der Waals surface area contributed by atoms with E-state index in [4.69, 9.17) is 9.68 Å². The lowest BCUT2D eigenvalue weighted by molar-refractivity contribution is -0.301. The van der Waals surface area contributed by atoms with Gasteiger partial charge in [0.15, 0.2) is 0 Å². The van der Waals surface area contributed by atoms with Crippen molar-refractivity contribution in [1.82, 2.24) is 10.1 Å². The van der Waals surface area contributed by atoms with Crippen molar-refractivity contribution in [2.24, 2.45) is 0 Å². The van der Waals surface area contributed by atoms with E-state index in [1.165, 1.54) is 51.4 Å². The van der Waals surface area contributed by atoms with E-state index in [9.17, 15) is 0 Å². The molecule has 3 aliphatic rings. The van der Waals surface area contributed by atoms with Gasteiger partial charge in [0.05, 0.1) is 12.2 Å². The van der Waals surface area contributed by atoms with Crippen LogP contribution in [0.5, 0.6) is 0 Å². The van der Waals surface area contributed by atoms with Crippen LogP contribution in [0.3, 0.4) is 0 Å². The van der Waals surface area contributed by atoms with E-state index in [1.54, 1.807) is 0 Å². The van der Waals surface area contributed by atoms with Gasteiger partial charge in [-0.25, -0.2) is 0 Å². The highest BCUT2D eigenvalue weighted by Gasteiger charge is 2.45. The smallest absolute Gasteiger partial charge is 0.0975 e. The third-order valence-corrected chi connectivity index (χ3v) is 7.60. The summed E-state index contributed by atoms with van der Waals surface area (Å²) in [6, 6.07) is 0. The molecule has 2 heterocycles. The van der Waals surface area contributed by atoms with E-state index in [0.29, 0.717) is 0 Å². The lowest BCUT2D eigenvalue weighted by Crippen LogP contribution is -2.59. The molecule has 2 fully saturated rings. The third kappa shape index (κ3) is 5.49. The second-order valence-electron chi connectivity index (χ2n) is 12.5. The molecule has 30 heavy (non-hydrogen) atoms. The van der Waals surface area contributed by atoms with Gasteiger partial charge in [-0.1, -0.05) is 25.0 Å². The molecule has 4 nitrogen and oxygen atoms in total. The molecule has 0 unspecified atom stereocenters. The minimum atomic E-state index is 0.0791. The second kappa shape index (κ2) is 8.84. The van der Waals surface area contributed by atoms with E-state index in [-0.39, 0.29) is 34.4 Å². The van der Waals surface area contributed by atoms with Crippen molar-refractivity contribution in [1.29, 1.82) is 0 Å². The Morgan fingerprint density at radius 3 is 1.13 bits per heavy atom. The molecule has 0 aromatic rings. The first-order valence-corrected chi connectivity index (χ1v) is 12.5. The van der Waals surface area contributed by atoms with Crippen molar-refractivity contribution in [3.8, 4) is 0 Å². The maximum Gasteiger partial charge on any atom is 0.0975 e. The van der Waals surface area contributed by atoms with Gasteiger partial charge in [0.1, 0.15) is 0 Å². The quantitative estimate of drug-likeness (QED) is 0.467. The molecular formula is C26H48N2O2. The van der Waals surface area contributed by atoms with Gasteiger partial charge in [0.25, 0.3) is 0 Å². The summed E-state index contributed by atoms with van der Waals surface area (Å²) in [7, 11) is 0. The number of nitrogens with zero attached hydrogens (tertiary/aromatic N) is 2. The van der Waals surface area contributed by atoms with Crippen molar-refractivity contribution < 1.29 is 9.68 Å². The van der Waals surface area contributed by atoms with Gasteiger partial charge < -0.3 is 0 Å². The average molecular weight is 421 g/mol. The van der Waals surface area contributed by atoms with Crippen LogP contribution in [0, 0.1) is 0 Å². The molecule has 0 saturated carbocycles. The van der Waals surface area contributed by atoms with Gasteiger partial charge in [-0.15, -0.1) is 0 Å². The summed E-state index contributed by atoms with van der Waals surface area (Å²) < 4.78 is 0. The first-order chi connectivity index (χ1) is 13.8. The summed E-state index contributed by atoms with van der Waals surface area (Å²) in [6.07, 6.45) is 16.7. The predicted molar refractivity (Wildman–Crippen MR) is 125 cm³/mol. The Balaban J connectivity index is 1.70. The fourth-order valence-corrected chi connectivity index (χ4v) is 6.10. The van der Waals surface area contributed by atoms with Crippen LogP contribution >= 0.6 is 0 Å². The van der Waals surface area contributed by atoms with E-state index < -0.39 is 0 Å². The molecule has 3 rings (SSSR count). The largest absolute Gasteiger partial charge is 0.291 e. The normalized spacial score (nSPS) is 35.3. The maximum atomic E-state index is 6.70. The number of hydrogen-bond acceptors (Lipinski definition) is 4. The number of hydrogen-bond donors (Lipinski definition) is 0. The molecule has 0 amide bonds. The Morgan fingerprint density at radius 2 is 0.833 bits per heavy atom. The van der Waals surface area contributed by atoms with Gasteiger partial charge in [0, 0.05) is 22.2 Å². The van der Waals surface area contributed by atoms with Crippen LogP contribution in [0.15, 0.2) is 12.2 Å². The Morgan fingerprint density at radius 1 is 0.533 bits per heavy atom. The summed E-state index contributed by atoms with van der Waals surface area (Å²) >= 11 is 0. The number of hydroxylamine groups is 4. The molecule has 0 spiro atoms. The molecule has 1 aliphatic carbocycles. The molecule has 2 saturated heterocycles. The Bertz CT molecular complexity index is 524. The van der Waals surface area contributed by atoms with Crippen LogP contribution in [0.4, 0.5) is 0 Å². The molecule has 0 N–H and O–H groups in total. The molecule has 0 aromatic carbocycles. The standard InChI is InChI=1S/C26H48N2O2/c1-23(2)17-11-18-24(3,4)27(23)29-21-13-9-10-14-22(16-15-21)30-28-25(5,6)19-12-20-26(28,7)8/h15-16,21-22H,9-14,17-20H2,1-8H3/b16-15-/t21-,22+. The molecule has 4 heteroatoms. The zero-order chi connectivity index (χ0) is 22.2. The number of piperidine rings is 2. The zero-order valence-electron chi connectivity index (χ0n) is 21.1. The van der Waals surface area contributed by atoms with E-state index >= 15 is 0 Å². The third-order valence-electron chi connectivity index (χ3n) is 7.60. The molecule has 2 aliphatic heterocycles. The zero-order valence-corrected chi connectivity index (χ0v) is 21.1. The Hall–Kier alpha value is -0.420. The van der Waals surface area contributed by atoms with Crippen LogP contribution in [0.1, 0.15) is 120 Å². The summed E-state index contributed by atoms with van der Waals surface area (Å²) in [6.45, 7) is 18.6. The Labute approximate surface area is 186 Å². The summed E-state index contributed by atoms with van der Waals surface area (Å²) in [5, 5.41) is 4.62. The molecule has 174 valence electrons. The first-order valence-electron chi connectivity index (χ1n) is 12.5. The van der Waals surface area contributed by atoms with E-state index in [2.05, 4.69) is 77.7 Å². The fourth-order valence-electron chi connectivity index (χ4n) is 6.10. The summed E-state index contributed by atoms with van der Waals surface area (Å²) in [4.78, 5) is 13.4. The summed E-state index contributed by atoms with van der Waals surface area (Å²) in [5.74, 6) is 0. The van der Waals surface area contributed by atoms with Crippen LogP contribution in [-0.2, 0) is 9.68 Å². The van der Waals surface area contributed by atoms with Gasteiger partial charge in [-0.2, -0.15) is 10.1 Å². The van der Waals surface area contributed by atoms with Crippen molar-refractivity contribution in [2.45, 2.75) is 154 Å².